The van der Waals surface area contributed by atoms with Gasteiger partial charge in [0.25, 0.3) is 0 Å². The number of para-hydroxylation sites is 1. The molecule has 0 aliphatic heterocycles. The van der Waals surface area contributed by atoms with Crippen molar-refractivity contribution >= 4 is 50.5 Å². The second-order valence-electron chi connectivity index (χ2n) is 5.62. The fourth-order valence-electron chi connectivity index (χ4n) is 2.40. The third-order valence-electron chi connectivity index (χ3n) is 3.75. The van der Waals surface area contributed by atoms with Gasteiger partial charge in [-0.1, -0.05) is 12.1 Å². The maximum atomic E-state index is 11.1. The molecule has 5 nitrogen and oxygen atoms in total. The lowest BCUT2D eigenvalue weighted by molar-refractivity contribution is -0.140. The average molecular weight is 386 g/mol. The van der Waals surface area contributed by atoms with Crippen molar-refractivity contribution in [3.05, 3.63) is 48.5 Å². The van der Waals surface area contributed by atoms with Crippen LogP contribution in [-0.4, -0.2) is 29.7 Å². The lowest BCUT2D eigenvalue weighted by atomic mass is 10.2. The Morgan fingerprint density at radius 1 is 1.19 bits per heavy atom. The number of anilines is 1. The Hall–Kier alpha value is -2.51. The Kier molecular flexibility index (Phi) is 6.14. The van der Waals surface area contributed by atoms with E-state index in [9.17, 15) is 4.79 Å². The van der Waals surface area contributed by atoms with Crippen molar-refractivity contribution in [3.8, 4) is 10.6 Å². The number of fused-ring (bicyclic) bond motifs is 1. The van der Waals surface area contributed by atoms with Gasteiger partial charge in [-0.15, -0.1) is 11.3 Å². The van der Waals surface area contributed by atoms with E-state index in [1.807, 2.05) is 42.5 Å². The number of rotatable bonds is 6. The van der Waals surface area contributed by atoms with Crippen LogP contribution in [0.5, 0.6) is 0 Å². The predicted octanol–water partition coefficient (Wildman–Crippen LogP) is 4.20. The molecule has 26 heavy (non-hydrogen) atoms. The van der Waals surface area contributed by atoms with Crippen LogP contribution in [0.1, 0.15) is 12.8 Å². The number of nitrogens with one attached hydrogen (secondary N) is 2. The van der Waals surface area contributed by atoms with Crippen LogP contribution < -0.4 is 10.6 Å². The van der Waals surface area contributed by atoms with E-state index in [0.29, 0.717) is 24.5 Å². The molecule has 2 N–H and O–H groups in total. The fourth-order valence-corrected chi connectivity index (χ4v) is 3.59. The van der Waals surface area contributed by atoms with Crippen LogP contribution in [-0.2, 0) is 9.53 Å². The van der Waals surface area contributed by atoms with E-state index in [0.717, 1.165) is 21.8 Å². The summed E-state index contributed by atoms with van der Waals surface area (Å²) in [5, 5.41) is 7.74. The number of aromatic nitrogens is 1. The number of esters is 1. The normalized spacial score (nSPS) is 10.5. The Morgan fingerprint density at radius 2 is 1.96 bits per heavy atom. The Bertz CT molecular complexity index is 874. The number of thiazole rings is 1. The van der Waals surface area contributed by atoms with Crippen molar-refractivity contribution in [2.45, 2.75) is 12.8 Å². The number of hydrogen-bond donors (Lipinski definition) is 2. The van der Waals surface area contributed by atoms with Crippen LogP contribution in [0.15, 0.2) is 48.5 Å². The van der Waals surface area contributed by atoms with E-state index in [1.165, 1.54) is 11.8 Å². The Labute approximate surface area is 161 Å². The van der Waals surface area contributed by atoms with Crippen molar-refractivity contribution in [2.75, 3.05) is 19.0 Å². The molecule has 0 spiro atoms. The molecule has 134 valence electrons. The van der Waals surface area contributed by atoms with E-state index in [2.05, 4.69) is 26.4 Å². The maximum Gasteiger partial charge on any atom is 0.305 e. The molecule has 0 fully saturated rings. The minimum absolute atomic E-state index is 0.212. The first-order valence-electron chi connectivity index (χ1n) is 8.23. The summed E-state index contributed by atoms with van der Waals surface area (Å²) in [7, 11) is 1.39. The second kappa shape index (κ2) is 8.73. The van der Waals surface area contributed by atoms with Gasteiger partial charge in [0.05, 0.1) is 17.3 Å². The van der Waals surface area contributed by atoms with Crippen LogP contribution in [0.25, 0.3) is 20.8 Å². The number of carbonyl (C=O) groups is 1. The molecule has 2 aromatic carbocycles. The minimum atomic E-state index is -0.212. The summed E-state index contributed by atoms with van der Waals surface area (Å²) in [5.74, 6) is -0.212. The lowest BCUT2D eigenvalue weighted by Crippen LogP contribution is -2.29. The van der Waals surface area contributed by atoms with Gasteiger partial charge in [0.15, 0.2) is 5.11 Å². The van der Waals surface area contributed by atoms with Crippen LogP contribution in [0, 0.1) is 0 Å². The zero-order valence-electron chi connectivity index (χ0n) is 14.3. The molecule has 7 heteroatoms. The summed E-state index contributed by atoms with van der Waals surface area (Å²) in [6.45, 7) is 0.616. The number of methoxy groups -OCH3 is 1. The van der Waals surface area contributed by atoms with Crippen LogP contribution in [0.3, 0.4) is 0 Å². The highest BCUT2D eigenvalue weighted by Gasteiger charge is 2.06. The van der Waals surface area contributed by atoms with Crippen molar-refractivity contribution < 1.29 is 9.53 Å². The van der Waals surface area contributed by atoms with E-state index in [4.69, 9.17) is 12.2 Å². The molecule has 0 unspecified atom stereocenters. The quantitative estimate of drug-likeness (QED) is 0.377. The topological polar surface area (TPSA) is 63.2 Å². The standard InChI is InChI=1S/C19H19N3O2S2/c1-24-17(23)7-4-12-20-19(25)21-14-10-8-13(9-11-14)18-22-15-5-2-3-6-16(15)26-18/h2-3,5-6,8-11H,4,7,12H2,1H3,(H2,20,21,25). The SMILES string of the molecule is COC(=O)CCCNC(=S)Nc1ccc(-c2nc3ccccc3s2)cc1. The molecular formula is C19H19N3O2S2. The van der Waals surface area contributed by atoms with E-state index in [-0.39, 0.29) is 5.97 Å². The lowest BCUT2D eigenvalue weighted by Gasteiger charge is -2.10. The van der Waals surface area contributed by atoms with E-state index >= 15 is 0 Å². The highest BCUT2D eigenvalue weighted by Crippen LogP contribution is 2.30. The first-order valence-corrected chi connectivity index (χ1v) is 9.46. The smallest absolute Gasteiger partial charge is 0.305 e. The molecule has 1 aromatic heterocycles. The van der Waals surface area contributed by atoms with E-state index in [1.54, 1.807) is 11.3 Å². The van der Waals surface area contributed by atoms with Crippen LogP contribution >= 0.6 is 23.6 Å². The highest BCUT2D eigenvalue weighted by atomic mass is 32.1. The molecule has 0 saturated carbocycles. The van der Waals surface area contributed by atoms with Gasteiger partial charge in [0, 0.05) is 24.2 Å². The average Bonchev–Trinajstić information content (AvgIpc) is 3.09. The zero-order chi connectivity index (χ0) is 18.4. The Balaban J connectivity index is 1.54. The van der Waals surface area contributed by atoms with Crippen molar-refractivity contribution in [1.82, 2.24) is 10.3 Å². The zero-order valence-corrected chi connectivity index (χ0v) is 16.0. The van der Waals surface area contributed by atoms with Gasteiger partial charge < -0.3 is 15.4 Å². The highest BCUT2D eigenvalue weighted by molar-refractivity contribution is 7.80. The second-order valence-corrected chi connectivity index (χ2v) is 7.06. The molecule has 3 rings (SSSR count). The van der Waals surface area contributed by atoms with Gasteiger partial charge in [0.2, 0.25) is 0 Å². The minimum Gasteiger partial charge on any atom is -0.469 e. The summed E-state index contributed by atoms with van der Waals surface area (Å²) >= 11 is 6.95. The van der Waals surface area contributed by atoms with E-state index < -0.39 is 0 Å². The third-order valence-corrected chi connectivity index (χ3v) is 5.09. The summed E-state index contributed by atoms with van der Waals surface area (Å²) in [5.41, 5.74) is 3.00. The summed E-state index contributed by atoms with van der Waals surface area (Å²) in [6.07, 6.45) is 1.05. The molecule has 0 bridgehead atoms. The molecular weight excluding hydrogens is 366 g/mol. The molecule has 0 atom stereocenters. The number of nitrogens with zero attached hydrogens (tertiary/aromatic N) is 1. The molecule has 0 radical (unpaired) electrons. The van der Waals surface area contributed by atoms with Gasteiger partial charge in [-0.25, -0.2) is 4.98 Å². The number of hydrogen-bond acceptors (Lipinski definition) is 5. The summed E-state index contributed by atoms with van der Waals surface area (Å²) in [4.78, 5) is 15.7. The van der Waals surface area contributed by atoms with Gasteiger partial charge >= 0.3 is 5.97 Å². The fraction of sp³-hybridized carbons (Fsp3) is 0.211. The largest absolute Gasteiger partial charge is 0.469 e. The summed E-state index contributed by atoms with van der Waals surface area (Å²) < 4.78 is 5.78. The maximum absolute atomic E-state index is 11.1. The molecule has 3 aromatic rings. The van der Waals surface area contributed by atoms with Gasteiger partial charge in [-0.05, 0) is 55.0 Å². The van der Waals surface area contributed by atoms with Crippen molar-refractivity contribution in [1.29, 1.82) is 0 Å². The van der Waals surface area contributed by atoms with Crippen LogP contribution in [0.2, 0.25) is 0 Å². The van der Waals surface area contributed by atoms with Crippen LogP contribution in [0.4, 0.5) is 5.69 Å². The number of ether oxygens (including phenoxy) is 1. The monoisotopic (exact) mass is 385 g/mol. The molecule has 0 aliphatic carbocycles. The number of carbonyl (C=O) groups excluding carboxylic acids is 1. The Morgan fingerprint density at radius 3 is 2.69 bits per heavy atom. The number of thiocarbonyl (C=S) groups is 1. The van der Waals surface area contributed by atoms with Gasteiger partial charge in [-0.3, -0.25) is 4.79 Å². The first kappa shape index (κ1) is 18.3. The molecule has 1 heterocycles. The first-order chi connectivity index (χ1) is 12.7. The van der Waals surface area contributed by atoms with Gasteiger partial charge in [-0.2, -0.15) is 0 Å². The predicted molar refractivity (Wildman–Crippen MR) is 111 cm³/mol. The number of benzene rings is 2. The molecule has 0 amide bonds. The van der Waals surface area contributed by atoms with Crippen molar-refractivity contribution in [2.24, 2.45) is 0 Å². The van der Waals surface area contributed by atoms with Gasteiger partial charge in [0.1, 0.15) is 5.01 Å². The van der Waals surface area contributed by atoms with Crippen molar-refractivity contribution in [3.63, 3.8) is 0 Å². The summed E-state index contributed by atoms with van der Waals surface area (Å²) in [6, 6.07) is 16.1. The molecule has 0 aliphatic rings. The molecule has 0 saturated heterocycles. The third kappa shape index (κ3) is 4.77.